The van der Waals surface area contributed by atoms with Crippen molar-refractivity contribution in [3.05, 3.63) is 59.8 Å². The van der Waals surface area contributed by atoms with Crippen LogP contribution >= 0.6 is 0 Å². The molecule has 0 saturated carbocycles. The van der Waals surface area contributed by atoms with Gasteiger partial charge in [0.05, 0.1) is 6.26 Å². The molecule has 0 spiro atoms. The van der Waals surface area contributed by atoms with Gasteiger partial charge in [-0.15, -0.1) is 0 Å². The molecule has 0 radical (unpaired) electrons. The number of carbonyl (C=O) groups excluding carboxylic acids is 2. The second-order valence-corrected chi connectivity index (χ2v) is 5.43. The van der Waals surface area contributed by atoms with Crippen LogP contribution in [0, 0.1) is 5.82 Å². The third kappa shape index (κ3) is 3.41. The molecule has 0 unspecified atom stereocenters. The quantitative estimate of drug-likeness (QED) is 0.855. The van der Waals surface area contributed by atoms with Crippen LogP contribution in [-0.4, -0.2) is 47.8 Å². The van der Waals surface area contributed by atoms with E-state index in [1.165, 1.54) is 24.5 Å². The largest absolute Gasteiger partial charge is 0.459 e. The number of furan rings is 1. The Morgan fingerprint density at radius 3 is 2.35 bits per heavy atom. The summed E-state index contributed by atoms with van der Waals surface area (Å²) in [5, 5.41) is 0. The number of amides is 2. The van der Waals surface area contributed by atoms with Crippen molar-refractivity contribution in [1.82, 2.24) is 9.80 Å². The van der Waals surface area contributed by atoms with Gasteiger partial charge in [-0.25, -0.2) is 4.39 Å². The Bertz CT molecular complexity index is 700. The molecule has 1 fully saturated rings. The van der Waals surface area contributed by atoms with Crippen LogP contribution in [0.5, 0.6) is 0 Å². The van der Waals surface area contributed by atoms with Crippen molar-refractivity contribution < 1.29 is 18.4 Å². The second kappa shape index (κ2) is 6.64. The van der Waals surface area contributed by atoms with Crippen LogP contribution in [0.4, 0.5) is 4.39 Å². The molecule has 0 aliphatic carbocycles. The standard InChI is InChI=1S/C17H17FN2O3/c18-14-5-1-4-13(12-14)16(21)19-7-3-8-20(10-9-19)17(22)15-6-2-11-23-15/h1-2,4-6,11-12H,3,7-10H2. The van der Waals surface area contributed by atoms with Gasteiger partial charge in [0, 0.05) is 31.7 Å². The van der Waals surface area contributed by atoms with Gasteiger partial charge in [-0.05, 0) is 36.8 Å². The lowest BCUT2D eigenvalue weighted by Crippen LogP contribution is -2.37. The third-order valence-electron chi connectivity index (χ3n) is 3.87. The Labute approximate surface area is 133 Å². The molecule has 23 heavy (non-hydrogen) atoms. The van der Waals surface area contributed by atoms with Crippen molar-refractivity contribution in [3.8, 4) is 0 Å². The van der Waals surface area contributed by atoms with E-state index in [0.29, 0.717) is 43.9 Å². The van der Waals surface area contributed by atoms with Crippen molar-refractivity contribution >= 4 is 11.8 Å². The number of nitrogens with zero attached hydrogens (tertiary/aromatic N) is 2. The molecule has 0 bridgehead atoms. The Morgan fingerprint density at radius 1 is 0.957 bits per heavy atom. The Kier molecular flexibility index (Phi) is 4.41. The molecule has 6 heteroatoms. The summed E-state index contributed by atoms with van der Waals surface area (Å²) in [6.07, 6.45) is 2.14. The maximum absolute atomic E-state index is 13.3. The molecule has 1 aromatic carbocycles. The summed E-state index contributed by atoms with van der Waals surface area (Å²) >= 11 is 0. The van der Waals surface area contributed by atoms with Gasteiger partial charge in [0.1, 0.15) is 5.82 Å². The number of rotatable bonds is 2. The van der Waals surface area contributed by atoms with Crippen LogP contribution in [-0.2, 0) is 0 Å². The molecule has 0 N–H and O–H groups in total. The van der Waals surface area contributed by atoms with Gasteiger partial charge in [-0.1, -0.05) is 6.07 Å². The monoisotopic (exact) mass is 316 g/mol. The molecule has 1 aliphatic rings. The predicted octanol–water partition coefficient (Wildman–Crippen LogP) is 2.41. The van der Waals surface area contributed by atoms with Crippen LogP contribution < -0.4 is 0 Å². The zero-order valence-electron chi connectivity index (χ0n) is 12.6. The van der Waals surface area contributed by atoms with E-state index < -0.39 is 5.82 Å². The van der Waals surface area contributed by atoms with Crippen molar-refractivity contribution in [2.45, 2.75) is 6.42 Å². The molecule has 1 aliphatic heterocycles. The van der Waals surface area contributed by atoms with Gasteiger partial charge in [0.15, 0.2) is 5.76 Å². The summed E-state index contributed by atoms with van der Waals surface area (Å²) in [5.74, 6) is -0.512. The molecule has 3 rings (SSSR count). The highest BCUT2D eigenvalue weighted by atomic mass is 19.1. The number of hydrogen-bond donors (Lipinski definition) is 0. The van der Waals surface area contributed by atoms with Crippen LogP contribution in [0.15, 0.2) is 47.1 Å². The molecule has 2 aromatic rings. The molecule has 1 saturated heterocycles. The van der Waals surface area contributed by atoms with E-state index in [9.17, 15) is 14.0 Å². The fraction of sp³-hybridized carbons (Fsp3) is 0.294. The maximum atomic E-state index is 13.3. The lowest BCUT2D eigenvalue weighted by molar-refractivity contribution is 0.0700. The zero-order chi connectivity index (χ0) is 16.2. The first-order valence-corrected chi connectivity index (χ1v) is 7.53. The summed E-state index contributed by atoms with van der Waals surface area (Å²) < 4.78 is 18.4. The topological polar surface area (TPSA) is 53.8 Å². The molecule has 0 atom stereocenters. The first kappa shape index (κ1) is 15.3. The lowest BCUT2D eigenvalue weighted by atomic mass is 10.2. The van der Waals surface area contributed by atoms with E-state index in [2.05, 4.69) is 0 Å². The number of hydrogen-bond acceptors (Lipinski definition) is 3. The van der Waals surface area contributed by atoms with Crippen molar-refractivity contribution in [1.29, 1.82) is 0 Å². The predicted molar refractivity (Wildman–Crippen MR) is 81.5 cm³/mol. The molecule has 120 valence electrons. The molecular weight excluding hydrogens is 299 g/mol. The van der Waals surface area contributed by atoms with Gasteiger partial charge in [-0.2, -0.15) is 0 Å². The molecule has 1 aromatic heterocycles. The normalized spacial score (nSPS) is 15.3. The highest BCUT2D eigenvalue weighted by molar-refractivity contribution is 5.94. The highest BCUT2D eigenvalue weighted by Crippen LogP contribution is 2.13. The summed E-state index contributed by atoms with van der Waals surface area (Å²) in [7, 11) is 0. The first-order chi connectivity index (χ1) is 11.1. The van der Waals surface area contributed by atoms with E-state index in [-0.39, 0.29) is 11.8 Å². The molecule has 2 heterocycles. The smallest absolute Gasteiger partial charge is 0.289 e. The fourth-order valence-corrected chi connectivity index (χ4v) is 2.68. The summed E-state index contributed by atoms with van der Waals surface area (Å²) in [6, 6.07) is 8.96. The minimum Gasteiger partial charge on any atom is -0.459 e. The van der Waals surface area contributed by atoms with E-state index in [0.717, 1.165) is 0 Å². The SMILES string of the molecule is O=C(c1cccc(F)c1)N1CCCN(C(=O)c2ccco2)CC1. The van der Waals surface area contributed by atoms with Gasteiger partial charge >= 0.3 is 0 Å². The Morgan fingerprint density at radius 2 is 1.70 bits per heavy atom. The van der Waals surface area contributed by atoms with E-state index in [1.54, 1.807) is 28.0 Å². The van der Waals surface area contributed by atoms with Crippen molar-refractivity contribution in [3.63, 3.8) is 0 Å². The second-order valence-electron chi connectivity index (χ2n) is 5.43. The number of halogens is 1. The zero-order valence-corrected chi connectivity index (χ0v) is 12.6. The highest BCUT2D eigenvalue weighted by Gasteiger charge is 2.24. The van der Waals surface area contributed by atoms with Gasteiger partial charge in [-0.3, -0.25) is 9.59 Å². The van der Waals surface area contributed by atoms with E-state index in [1.807, 2.05) is 0 Å². The van der Waals surface area contributed by atoms with Gasteiger partial charge in [0.25, 0.3) is 11.8 Å². The average Bonchev–Trinajstić information content (AvgIpc) is 2.98. The minimum absolute atomic E-state index is 0.171. The minimum atomic E-state index is -0.430. The van der Waals surface area contributed by atoms with E-state index in [4.69, 9.17) is 4.42 Å². The van der Waals surface area contributed by atoms with Crippen molar-refractivity contribution in [2.24, 2.45) is 0 Å². The first-order valence-electron chi connectivity index (χ1n) is 7.53. The Hall–Kier alpha value is -2.63. The fourth-order valence-electron chi connectivity index (χ4n) is 2.68. The van der Waals surface area contributed by atoms with Gasteiger partial charge < -0.3 is 14.2 Å². The van der Waals surface area contributed by atoms with Crippen LogP contribution in [0.3, 0.4) is 0 Å². The van der Waals surface area contributed by atoms with Crippen LogP contribution in [0.2, 0.25) is 0 Å². The maximum Gasteiger partial charge on any atom is 0.289 e. The lowest BCUT2D eigenvalue weighted by Gasteiger charge is -2.21. The summed E-state index contributed by atoms with van der Waals surface area (Å²) in [4.78, 5) is 28.1. The number of carbonyl (C=O) groups is 2. The Balaban J connectivity index is 1.66. The number of benzene rings is 1. The molecular formula is C17H17FN2O3. The summed E-state index contributed by atoms with van der Waals surface area (Å²) in [5.41, 5.74) is 0.329. The molecule has 2 amide bonds. The summed E-state index contributed by atoms with van der Waals surface area (Å²) in [6.45, 7) is 1.95. The van der Waals surface area contributed by atoms with Crippen molar-refractivity contribution in [2.75, 3.05) is 26.2 Å². The van der Waals surface area contributed by atoms with Crippen LogP contribution in [0.25, 0.3) is 0 Å². The van der Waals surface area contributed by atoms with E-state index >= 15 is 0 Å². The average molecular weight is 316 g/mol. The molecule has 5 nitrogen and oxygen atoms in total. The third-order valence-corrected chi connectivity index (χ3v) is 3.87. The van der Waals surface area contributed by atoms with Crippen LogP contribution in [0.1, 0.15) is 27.3 Å². The van der Waals surface area contributed by atoms with Gasteiger partial charge in [0.2, 0.25) is 0 Å².